The Kier molecular flexibility index (Phi) is 4.72. The Labute approximate surface area is 152 Å². The molecule has 0 saturated heterocycles. The number of hydrogen-bond donors (Lipinski definition) is 1. The number of benzene rings is 1. The Hall–Kier alpha value is -3.20. The van der Waals surface area contributed by atoms with Crippen LogP contribution in [0.5, 0.6) is 11.5 Å². The summed E-state index contributed by atoms with van der Waals surface area (Å²) in [5, 5.41) is 9.69. The number of allylic oxidation sites excluding steroid dienone is 1. The molecule has 1 aromatic carbocycles. The summed E-state index contributed by atoms with van der Waals surface area (Å²) in [6.45, 7) is 6.64. The SMILES string of the molecule is CCOc1ccccc1C1C(C#N)=C(N)Oc2cc(C)n(CC)c(=O)c21. The molecule has 2 aromatic rings. The van der Waals surface area contributed by atoms with Gasteiger partial charge < -0.3 is 19.8 Å². The van der Waals surface area contributed by atoms with Crippen LogP contribution in [0, 0.1) is 18.3 Å². The summed E-state index contributed by atoms with van der Waals surface area (Å²) < 4.78 is 13.0. The minimum atomic E-state index is -0.627. The highest BCUT2D eigenvalue weighted by atomic mass is 16.5. The van der Waals surface area contributed by atoms with Crippen molar-refractivity contribution in [1.29, 1.82) is 5.26 Å². The van der Waals surface area contributed by atoms with Crippen LogP contribution in [0.1, 0.15) is 36.6 Å². The third kappa shape index (κ3) is 2.72. The second kappa shape index (κ2) is 6.96. The van der Waals surface area contributed by atoms with E-state index < -0.39 is 5.92 Å². The Morgan fingerprint density at radius 2 is 2.08 bits per heavy atom. The van der Waals surface area contributed by atoms with Gasteiger partial charge >= 0.3 is 0 Å². The van der Waals surface area contributed by atoms with Crippen molar-refractivity contribution in [3.8, 4) is 17.6 Å². The summed E-state index contributed by atoms with van der Waals surface area (Å²) in [7, 11) is 0. The van der Waals surface area contributed by atoms with Crippen molar-refractivity contribution in [1.82, 2.24) is 4.57 Å². The minimum Gasteiger partial charge on any atom is -0.494 e. The van der Waals surface area contributed by atoms with E-state index in [1.54, 1.807) is 10.6 Å². The normalized spacial score (nSPS) is 15.8. The van der Waals surface area contributed by atoms with E-state index in [0.717, 1.165) is 11.3 Å². The largest absolute Gasteiger partial charge is 0.494 e. The lowest BCUT2D eigenvalue weighted by Crippen LogP contribution is -2.32. The summed E-state index contributed by atoms with van der Waals surface area (Å²) in [6, 6.07) is 11.3. The molecule has 1 aliphatic rings. The molecule has 1 aromatic heterocycles. The van der Waals surface area contributed by atoms with Crippen LogP contribution in [-0.4, -0.2) is 11.2 Å². The second-order valence-electron chi connectivity index (χ2n) is 6.01. The zero-order valence-corrected chi connectivity index (χ0v) is 15.1. The summed E-state index contributed by atoms with van der Waals surface area (Å²) in [5.74, 6) is 0.406. The molecule has 134 valence electrons. The van der Waals surface area contributed by atoms with Gasteiger partial charge in [0, 0.05) is 23.9 Å². The number of ether oxygens (including phenoxy) is 2. The van der Waals surface area contributed by atoms with E-state index in [0.29, 0.717) is 30.2 Å². The number of nitriles is 1. The first-order chi connectivity index (χ1) is 12.5. The van der Waals surface area contributed by atoms with Crippen LogP contribution in [0.15, 0.2) is 46.6 Å². The van der Waals surface area contributed by atoms with Crippen LogP contribution in [0.25, 0.3) is 0 Å². The molecule has 2 N–H and O–H groups in total. The maximum atomic E-state index is 13.2. The summed E-state index contributed by atoms with van der Waals surface area (Å²) >= 11 is 0. The summed E-state index contributed by atoms with van der Waals surface area (Å²) in [5.41, 5.74) is 7.96. The maximum absolute atomic E-state index is 13.2. The van der Waals surface area contributed by atoms with Crippen molar-refractivity contribution in [3.63, 3.8) is 0 Å². The van der Waals surface area contributed by atoms with E-state index in [1.807, 2.05) is 45.0 Å². The molecule has 1 aliphatic heterocycles. The standard InChI is InChI=1S/C20H21N3O3/c1-4-23-12(3)10-16-18(20(23)24)17(14(11-21)19(22)26-16)13-8-6-7-9-15(13)25-5-2/h6-10,17H,4-5,22H2,1-3H3. The molecule has 1 atom stereocenters. The van der Waals surface area contributed by atoms with Crippen molar-refractivity contribution in [2.75, 3.05) is 6.61 Å². The molecule has 0 fully saturated rings. The minimum absolute atomic E-state index is 0.0179. The van der Waals surface area contributed by atoms with Crippen LogP contribution in [0.2, 0.25) is 0 Å². The molecule has 0 aliphatic carbocycles. The van der Waals surface area contributed by atoms with Crippen LogP contribution < -0.4 is 20.8 Å². The van der Waals surface area contributed by atoms with Crippen molar-refractivity contribution >= 4 is 0 Å². The van der Waals surface area contributed by atoms with Gasteiger partial charge in [-0.05, 0) is 26.8 Å². The molecule has 0 amide bonds. The number of pyridine rings is 1. The van der Waals surface area contributed by atoms with Crippen LogP contribution in [-0.2, 0) is 6.54 Å². The average Bonchev–Trinajstić information content (AvgIpc) is 2.62. The van der Waals surface area contributed by atoms with Gasteiger partial charge in [-0.25, -0.2) is 0 Å². The van der Waals surface area contributed by atoms with Crippen LogP contribution >= 0.6 is 0 Å². The van der Waals surface area contributed by atoms with Gasteiger partial charge in [-0.2, -0.15) is 5.26 Å². The van der Waals surface area contributed by atoms with Gasteiger partial charge in [0.05, 0.1) is 18.1 Å². The molecular formula is C20H21N3O3. The Bertz CT molecular complexity index is 983. The van der Waals surface area contributed by atoms with Gasteiger partial charge in [0.1, 0.15) is 23.1 Å². The van der Waals surface area contributed by atoms with Gasteiger partial charge in [-0.1, -0.05) is 18.2 Å². The van der Waals surface area contributed by atoms with E-state index in [2.05, 4.69) is 6.07 Å². The fourth-order valence-corrected chi connectivity index (χ4v) is 3.40. The van der Waals surface area contributed by atoms with E-state index in [-0.39, 0.29) is 17.0 Å². The van der Waals surface area contributed by atoms with Gasteiger partial charge in [0.25, 0.3) is 5.56 Å². The van der Waals surface area contributed by atoms with Gasteiger partial charge in [-0.15, -0.1) is 0 Å². The monoisotopic (exact) mass is 351 g/mol. The van der Waals surface area contributed by atoms with Crippen molar-refractivity contribution in [2.45, 2.75) is 33.2 Å². The van der Waals surface area contributed by atoms with Crippen molar-refractivity contribution in [3.05, 3.63) is 69.0 Å². The van der Waals surface area contributed by atoms with Crippen molar-refractivity contribution in [2.24, 2.45) is 5.73 Å². The molecule has 0 spiro atoms. The molecule has 0 bridgehead atoms. The summed E-state index contributed by atoms with van der Waals surface area (Å²) in [4.78, 5) is 13.2. The highest BCUT2D eigenvalue weighted by molar-refractivity contribution is 5.58. The molecule has 3 rings (SSSR count). The number of nitrogens with zero attached hydrogens (tertiary/aromatic N) is 2. The number of aromatic nitrogens is 1. The number of aryl methyl sites for hydroxylation is 1. The molecule has 0 radical (unpaired) electrons. The van der Waals surface area contributed by atoms with Gasteiger partial charge in [-0.3, -0.25) is 4.79 Å². The molecule has 6 nitrogen and oxygen atoms in total. The fourth-order valence-electron chi connectivity index (χ4n) is 3.40. The molecular weight excluding hydrogens is 330 g/mol. The van der Waals surface area contributed by atoms with Gasteiger partial charge in [0.15, 0.2) is 0 Å². The van der Waals surface area contributed by atoms with E-state index in [9.17, 15) is 10.1 Å². The first-order valence-electron chi connectivity index (χ1n) is 8.57. The number of fused-ring (bicyclic) bond motifs is 1. The third-order valence-electron chi connectivity index (χ3n) is 4.54. The van der Waals surface area contributed by atoms with E-state index >= 15 is 0 Å². The summed E-state index contributed by atoms with van der Waals surface area (Å²) in [6.07, 6.45) is 0. The molecule has 2 heterocycles. The number of hydrogen-bond acceptors (Lipinski definition) is 5. The molecule has 6 heteroatoms. The number of para-hydroxylation sites is 1. The lowest BCUT2D eigenvalue weighted by atomic mass is 9.83. The Balaban J connectivity index is 2.35. The molecule has 1 unspecified atom stereocenters. The quantitative estimate of drug-likeness (QED) is 0.915. The van der Waals surface area contributed by atoms with E-state index in [4.69, 9.17) is 15.2 Å². The first kappa shape index (κ1) is 17.6. The van der Waals surface area contributed by atoms with Crippen LogP contribution in [0.4, 0.5) is 0 Å². The number of nitrogens with two attached hydrogens (primary N) is 1. The predicted octanol–water partition coefficient (Wildman–Crippen LogP) is 2.79. The zero-order valence-electron chi connectivity index (χ0n) is 15.1. The predicted molar refractivity (Wildman–Crippen MR) is 98.0 cm³/mol. The average molecular weight is 351 g/mol. The molecule has 26 heavy (non-hydrogen) atoms. The lowest BCUT2D eigenvalue weighted by molar-refractivity contribution is 0.334. The Morgan fingerprint density at radius 1 is 1.35 bits per heavy atom. The van der Waals surface area contributed by atoms with Crippen LogP contribution in [0.3, 0.4) is 0 Å². The van der Waals surface area contributed by atoms with Gasteiger partial charge in [0.2, 0.25) is 5.88 Å². The third-order valence-corrected chi connectivity index (χ3v) is 4.54. The topological polar surface area (TPSA) is 90.3 Å². The van der Waals surface area contributed by atoms with Crippen molar-refractivity contribution < 1.29 is 9.47 Å². The maximum Gasteiger partial charge on any atom is 0.258 e. The highest BCUT2D eigenvalue weighted by Crippen LogP contribution is 2.43. The number of rotatable bonds is 4. The smallest absolute Gasteiger partial charge is 0.258 e. The highest BCUT2D eigenvalue weighted by Gasteiger charge is 2.35. The lowest BCUT2D eigenvalue weighted by Gasteiger charge is -2.28. The second-order valence-corrected chi connectivity index (χ2v) is 6.01. The van der Waals surface area contributed by atoms with E-state index in [1.165, 1.54) is 0 Å². The zero-order chi connectivity index (χ0) is 18.8. The first-order valence-corrected chi connectivity index (χ1v) is 8.57. The fraction of sp³-hybridized carbons (Fsp3) is 0.300. The Morgan fingerprint density at radius 3 is 2.73 bits per heavy atom. The molecule has 0 saturated carbocycles.